The van der Waals surface area contributed by atoms with Gasteiger partial charge in [0.1, 0.15) is 11.5 Å². The van der Waals surface area contributed by atoms with Crippen molar-refractivity contribution in [2.45, 2.75) is 6.92 Å². The van der Waals surface area contributed by atoms with Crippen LogP contribution < -0.4 is 10.1 Å². The maximum Gasteiger partial charge on any atom is 0.263 e. The largest absolute Gasteiger partial charge is 0.483 e. The van der Waals surface area contributed by atoms with Crippen molar-refractivity contribution in [2.75, 3.05) is 38.2 Å². The predicted molar refractivity (Wildman–Crippen MR) is 106 cm³/mol. The molecule has 8 nitrogen and oxygen atoms in total. The minimum Gasteiger partial charge on any atom is -0.483 e. The lowest BCUT2D eigenvalue weighted by Crippen LogP contribution is -2.40. The number of benzene rings is 2. The number of rotatable bonds is 5. The number of hydrogen-bond acceptors (Lipinski definition) is 6. The molecule has 0 saturated carbocycles. The van der Waals surface area contributed by atoms with E-state index in [1.54, 1.807) is 30.0 Å². The molecule has 0 spiro atoms. The first-order valence-corrected chi connectivity index (χ1v) is 9.36. The van der Waals surface area contributed by atoms with Crippen molar-refractivity contribution in [1.29, 1.82) is 0 Å². The zero-order chi connectivity index (χ0) is 20.2. The summed E-state index contributed by atoms with van der Waals surface area (Å²) in [6.45, 7) is 3.55. The van der Waals surface area contributed by atoms with Crippen LogP contribution in [0.25, 0.3) is 10.8 Å². The number of carbonyl (C=O) groups is 2. The number of anilines is 1. The van der Waals surface area contributed by atoms with Crippen molar-refractivity contribution in [3.8, 4) is 5.75 Å². The highest BCUT2D eigenvalue weighted by molar-refractivity contribution is 6.02. The quantitative estimate of drug-likeness (QED) is 0.714. The van der Waals surface area contributed by atoms with Gasteiger partial charge in [0.25, 0.3) is 11.8 Å². The van der Waals surface area contributed by atoms with Crippen LogP contribution in [-0.4, -0.2) is 54.8 Å². The molecule has 0 unspecified atom stereocenters. The summed E-state index contributed by atoms with van der Waals surface area (Å²) in [4.78, 5) is 27.0. The third-order valence-corrected chi connectivity index (χ3v) is 4.63. The molecule has 0 aliphatic carbocycles. The van der Waals surface area contributed by atoms with Gasteiger partial charge in [-0.3, -0.25) is 9.59 Å². The fourth-order valence-electron chi connectivity index (χ4n) is 3.19. The van der Waals surface area contributed by atoms with Crippen molar-refractivity contribution in [2.24, 2.45) is 0 Å². The molecular weight excluding hydrogens is 374 g/mol. The Bertz CT molecular complexity index is 1040. The van der Waals surface area contributed by atoms with Gasteiger partial charge in [-0.2, -0.15) is 0 Å². The number of amides is 2. The highest BCUT2D eigenvalue weighted by Crippen LogP contribution is 2.28. The summed E-state index contributed by atoms with van der Waals surface area (Å²) in [5, 5.41) is 8.18. The minimum absolute atomic E-state index is 0.137. The van der Waals surface area contributed by atoms with Gasteiger partial charge in [-0.25, -0.2) is 0 Å². The lowest BCUT2D eigenvalue weighted by molar-refractivity contribution is -0.118. The highest BCUT2D eigenvalue weighted by Gasteiger charge is 2.23. The molecular formula is C21H21N3O5. The van der Waals surface area contributed by atoms with Crippen LogP contribution in [0.5, 0.6) is 5.75 Å². The van der Waals surface area contributed by atoms with Gasteiger partial charge in [-0.15, -0.1) is 0 Å². The second-order valence-corrected chi connectivity index (χ2v) is 6.76. The summed E-state index contributed by atoms with van der Waals surface area (Å²) in [5.74, 6) is 0.748. The molecule has 0 bridgehead atoms. The molecule has 2 heterocycles. The summed E-state index contributed by atoms with van der Waals surface area (Å²) in [6, 6.07) is 12.9. The van der Waals surface area contributed by atoms with Crippen molar-refractivity contribution in [3.63, 3.8) is 0 Å². The van der Waals surface area contributed by atoms with Gasteiger partial charge in [-0.05, 0) is 29.8 Å². The maximum atomic E-state index is 13.1. The maximum absolute atomic E-state index is 13.1. The molecule has 1 aliphatic rings. The van der Waals surface area contributed by atoms with Crippen LogP contribution in [0.1, 0.15) is 16.1 Å². The molecule has 2 aromatic carbocycles. The van der Waals surface area contributed by atoms with E-state index in [1.165, 1.54) is 0 Å². The Morgan fingerprint density at radius 3 is 2.55 bits per heavy atom. The second-order valence-electron chi connectivity index (χ2n) is 6.76. The zero-order valence-electron chi connectivity index (χ0n) is 16.0. The predicted octanol–water partition coefficient (Wildman–Crippen LogP) is 2.63. The van der Waals surface area contributed by atoms with E-state index in [4.69, 9.17) is 14.0 Å². The van der Waals surface area contributed by atoms with E-state index in [-0.39, 0.29) is 12.5 Å². The Labute approximate surface area is 167 Å². The topological polar surface area (TPSA) is 93.9 Å². The number of hydrogen-bond donors (Lipinski definition) is 1. The number of nitrogens with one attached hydrogen (secondary N) is 1. The summed E-state index contributed by atoms with van der Waals surface area (Å²) < 4.78 is 16.0. The van der Waals surface area contributed by atoms with E-state index < -0.39 is 5.91 Å². The Morgan fingerprint density at radius 2 is 1.86 bits per heavy atom. The molecule has 1 fully saturated rings. The van der Waals surface area contributed by atoms with Crippen molar-refractivity contribution >= 4 is 28.4 Å². The smallest absolute Gasteiger partial charge is 0.263 e. The Balaban J connectivity index is 1.56. The van der Waals surface area contributed by atoms with Crippen LogP contribution >= 0.6 is 0 Å². The summed E-state index contributed by atoms with van der Waals surface area (Å²) >= 11 is 0. The minimum atomic E-state index is -0.392. The average Bonchev–Trinajstić information content (AvgIpc) is 3.16. The molecule has 8 heteroatoms. The van der Waals surface area contributed by atoms with Crippen LogP contribution in [0, 0.1) is 6.92 Å². The molecule has 1 aliphatic heterocycles. The number of nitrogens with zero attached hydrogens (tertiary/aromatic N) is 2. The van der Waals surface area contributed by atoms with Crippen molar-refractivity contribution in [1.82, 2.24) is 10.1 Å². The summed E-state index contributed by atoms with van der Waals surface area (Å²) in [5.41, 5.74) is 0.427. The van der Waals surface area contributed by atoms with E-state index >= 15 is 0 Å². The monoisotopic (exact) mass is 395 g/mol. The van der Waals surface area contributed by atoms with Crippen LogP contribution in [0.2, 0.25) is 0 Å². The molecule has 1 aromatic heterocycles. The van der Waals surface area contributed by atoms with Gasteiger partial charge >= 0.3 is 0 Å². The van der Waals surface area contributed by atoms with Gasteiger partial charge in [-0.1, -0.05) is 29.4 Å². The van der Waals surface area contributed by atoms with Gasteiger partial charge in [0.15, 0.2) is 12.4 Å². The first-order valence-electron chi connectivity index (χ1n) is 9.36. The van der Waals surface area contributed by atoms with Crippen LogP contribution in [0.3, 0.4) is 0 Å². The Hall–Kier alpha value is -3.39. The first kappa shape index (κ1) is 18.9. The number of aromatic nitrogens is 1. The Morgan fingerprint density at radius 1 is 1.14 bits per heavy atom. The van der Waals surface area contributed by atoms with E-state index in [0.717, 1.165) is 10.8 Å². The van der Waals surface area contributed by atoms with Crippen molar-refractivity contribution in [3.05, 3.63) is 53.8 Å². The Kier molecular flexibility index (Phi) is 5.44. The molecule has 1 N–H and O–H groups in total. The number of ether oxygens (including phenoxy) is 2. The van der Waals surface area contributed by atoms with Gasteiger partial charge in [0.2, 0.25) is 0 Å². The average molecular weight is 395 g/mol. The number of morpholine rings is 1. The van der Waals surface area contributed by atoms with E-state index in [9.17, 15) is 9.59 Å². The lowest BCUT2D eigenvalue weighted by Gasteiger charge is -2.27. The normalized spacial score (nSPS) is 14.0. The summed E-state index contributed by atoms with van der Waals surface area (Å²) in [6.07, 6.45) is 0. The fraction of sp³-hybridized carbons (Fsp3) is 0.286. The van der Waals surface area contributed by atoms with E-state index in [1.807, 2.05) is 24.3 Å². The zero-order valence-corrected chi connectivity index (χ0v) is 16.0. The van der Waals surface area contributed by atoms with Gasteiger partial charge in [0, 0.05) is 19.2 Å². The third-order valence-electron chi connectivity index (χ3n) is 4.63. The molecule has 0 radical (unpaired) electrons. The van der Waals surface area contributed by atoms with E-state index in [2.05, 4.69) is 10.5 Å². The standard InChI is InChI=1S/C21H21N3O5/c1-14-10-19(23-29-14)22-20(25)13-28-18-12-16-5-3-2-4-15(16)11-17(18)21(26)24-6-8-27-9-7-24/h2-5,10-12H,6-9,13H2,1H3,(H,22,23,25). The van der Waals surface area contributed by atoms with Crippen LogP contribution in [-0.2, 0) is 9.53 Å². The molecule has 1 saturated heterocycles. The number of aryl methyl sites for hydroxylation is 1. The van der Waals surface area contributed by atoms with Crippen LogP contribution in [0.4, 0.5) is 5.82 Å². The molecule has 3 aromatic rings. The van der Waals surface area contributed by atoms with Crippen LogP contribution in [0.15, 0.2) is 47.0 Å². The van der Waals surface area contributed by atoms with Gasteiger partial charge in [0.05, 0.1) is 18.8 Å². The second kappa shape index (κ2) is 8.32. The number of fused-ring (bicyclic) bond motifs is 1. The molecule has 150 valence electrons. The molecule has 29 heavy (non-hydrogen) atoms. The third kappa shape index (κ3) is 4.38. The highest BCUT2D eigenvalue weighted by atomic mass is 16.5. The lowest BCUT2D eigenvalue weighted by atomic mass is 10.0. The fourth-order valence-corrected chi connectivity index (χ4v) is 3.19. The van der Waals surface area contributed by atoms with Crippen molar-refractivity contribution < 1.29 is 23.6 Å². The number of carbonyl (C=O) groups excluding carboxylic acids is 2. The summed E-state index contributed by atoms with van der Waals surface area (Å²) in [7, 11) is 0. The van der Waals surface area contributed by atoms with E-state index in [0.29, 0.717) is 49.2 Å². The molecule has 4 rings (SSSR count). The SMILES string of the molecule is Cc1cc(NC(=O)COc2cc3ccccc3cc2C(=O)N2CCOCC2)no1. The first-order chi connectivity index (χ1) is 14.1. The molecule has 2 amide bonds. The molecule has 0 atom stereocenters. The van der Waals surface area contributed by atoms with Gasteiger partial charge < -0.3 is 24.2 Å².